The molecule has 1 unspecified atom stereocenters. The number of hydrogen-bond acceptors (Lipinski definition) is 5. The van der Waals surface area contributed by atoms with Crippen LogP contribution in [0.4, 0.5) is 0 Å². The maximum absolute atomic E-state index is 11.1. The molecule has 24 heavy (non-hydrogen) atoms. The van der Waals surface area contributed by atoms with E-state index >= 15 is 0 Å². The molecule has 1 fully saturated rings. The Kier molecular flexibility index (Phi) is 7.15. The molecule has 1 heterocycles. The van der Waals surface area contributed by atoms with E-state index in [1.54, 1.807) is 18.2 Å². The van der Waals surface area contributed by atoms with Crippen molar-refractivity contribution >= 4 is 33.2 Å². The van der Waals surface area contributed by atoms with Crippen LogP contribution in [0.25, 0.3) is 0 Å². The maximum Gasteiger partial charge on any atom is 0.208 e. The van der Waals surface area contributed by atoms with Gasteiger partial charge in [-0.05, 0) is 31.4 Å². The van der Waals surface area contributed by atoms with Gasteiger partial charge in [-0.3, -0.25) is 4.90 Å². The lowest BCUT2D eigenvalue weighted by molar-refractivity contribution is -0.0277. The normalized spacial score (nSPS) is 20.8. The quantitative estimate of drug-likeness (QED) is 0.737. The Balaban J connectivity index is 1.95. The molecule has 136 valence electrons. The van der Waals surface area contributed by atoms with Crippen molar-refractivity contribution in [2.24, 2.45) is 0 Å². The van der Waals surface area contributed by atoms with Crippen LogP contribution in [-0.4, -0.2) is 56.6 Å². The number of ether oxygens (including phenoxy) is 1. The minimum atomic E-state index is -3.32. The number of piperidine rings is 1. The lowest BCUT2D eigenvalue weighted by Crippen LogP contribution is -2.48. The summed E-state index contributed by atoms with van der Waals surface area (Å²) in [6.45, 7) is 1.09. The lowest BCUT2D eigenvalue weighted by atomic mass is 10.1. The number of halogens is 2. The minimum absolute atomic E-state index is 0.0190. The molecule has 0 spiro atoms. The van der Waals surface area contributed by atoms with Crippen LogP contribution < -0.4 is 9.46 Å². The van der Waals surface area contributed by atoms with E-state index in [0.717, 1.165) is 32.1 Å². The molecule has 0 saturated carbocycles. The van der Waals surface area contributed by atoms with Gasteiger partial charge in [-0.1, -0.05) is 23.2 Å². The molecule has 1 aromatic rings. The topological polar surface area (TPSA) is 78.9 Å². The zero-order valence-electron chi connectivity index (χ0n) is 13.4. The van der Waals surface area contributed by atoms with E-state index < -0.39 is 16.1 Å². The van der Waals surface area contributed by atoms with Crippen LogP contribution in [0, 0.1) is 0 Å². The van der Waals surface area contributed by atoms with Gasteiger partial charge in [0, 0.05) is 25.7 Å². The number of likely N-dealkylation sites (tertiary alicyclic amines) is 1. The van der Waals surface area contributed by atoms with Gasteiger partial charge in [0.05, 0.1) is 22.4 Å². The van der Waals surface area contributed by atoms with Crippen LogP contribution in [0.3, 0.4) is 0 Å². The molecule has 1 aliphatic rings. The lowest BCUT2D eigenvalue weighted by Gasteiger charge is -2.36. The summed E-state index contributed by atoms with van der Waals surface area (Å²) in [6, 6.07) is 5.10. The first-order valence-corrected chi connectivity index (χ1v) is 10.4. The summed E-state index contributed by atoms with van der Waals surface area (Å²) in [4.78, 5) is 2.01. The number of hydrogen-bond donors (Lipinski definition) is 2. The molecule has 1 aliphatic heterocycles. The number of rotatable bonds is 7. The molecular formula is C15H22Cl2N2O4S. The van der Waals surface area contributed by atoms with Crippen LogP contribution in [0.15, 0.2) is 18.2 Å². The second-order valence-corrected chi connectivity index (χ2v) is 8.56. The smallest absolute Gasteiger partial charge is 0.208 e. The first kappa shape index (κ1) is 19.8. The molecule has 0 radical (unpaired) electrons. The summed E-state index contributed by atoms with van der Waals surface area (Å²) in [5.74, 6) is 0.616. The van der Waals surface area contributed by atoms with E-state index in [4.69, 9.17) is 27.9 Å². The van der Waals surface area contributed by atoms with Crippen LogP contribution in [-0.2, 0) is 10.0 Å². The molecule has 0 bridgehead atoms. The number of β-amino-alcohol motifs (C(OH)–C–C–N with tert-alkyl or cyclic N) is 1. The van der Waals surface area contributed by atoms with Crippen molar-refractivity contribution in [2.75, 3.05) is 25.9 Å². The molecule has 2 atom stereocenters. The van der Waals surface area contributed by atoms with Gasteiger partial charge in [-0.2, -0.15) is 0 Å². The number of aliphatic hydroxyl groups excluding tert-OH is 1. The fraction of sp³-hybridized carbons (Fsp3) is 0.600. The predicted octanol–water partition coefficient (Wildman–Crippen LogP) is 2.09. The van der Waals surface area contributed by atoms with Gasteiger partial charge in [0.2, 0.25) is 10.0 Å². The Bertz CT molecular complexity index is 657. The third kappa shape index (κ3) is 6.38. The van der Waals surface area contributed by atoms with Gasteiger partial charge in [-0.15, -0.1) is 0 Å². The number of benzene rings is 1. The molecule has 0 aliphatic carbocycles. The second kappa shape index (κ2) is 8.69. The van der Waals surface area contributed by atoms with E-state index in [1.165, 1.54) is 0 Å². The van der Waals surface area contributed by atoms with Crippen LogP contribution in [0.1, 0.15) is 19.3 Å². The Labute approximate surface area is 152 Å². The Hall–Kier alpha value is -0.570. The predicted molar refractivity (Wildman–Crippen MR) is 95.2 cm³/mol. The summed E-state index contributed by atoms with van der Waals surface area (Å²) < 4.78 is 30.5. The van der Waals surface area contributed by atoms with Gasteiger partial charge in [0.25, 0.3) is 0 Å². The van der Waals surface area contributed by atoms with Gasteiger partial charge in [0.15, 0.2) is 6.23 Å². The van der Waals surface area contributed by atoms with E-state index in [0.29, 0.717) is 22.3 Å². The average molecular weight is 397 g/mol. The van der Waals surface area contributed by atoms with Crippen LogP contribution in [0.5, 0.6) is 5.75 Å². The fourth-order valence-electron chi connectivity index (χ4n) is 2.59. The van der Waals surface area contributed by atoms with Gasteiger partial charge in [-0.25, -0.2) is 13.1 Å². The molecule has 2 rings (SSSR count). The van der Waals surface area contributed by atoms with Crippen molar-refractivity contribution in [3.05, 3.63) is 28.2 Å². The van der Waals surface area contributed by atoms with Crippen molar-refractivity contribution in [1.82, 2.24) is 9.62 Å². The number of aliphatic hydroxyl groups is 1. The first-order valence-electron chi connectivity index (χ1n) is 7.73. The zero-order valence-corrected chi connectivity index (χ0v) is 15.7. The maximum atomic E-state index is 11.1. The van der Waals surface area contributed by atoms with Gasteiger partial charge >= 0.3 is 0 Å². The van der Waals surface area contributed by atoms with Gasteiger partial charge in [0.1, 0.15) is 5.75 Å². The van der Waals surface area contributed by atoms with Crippen molar-refractivity contribution in [3.63, 3.8) is 0 Å². The molecule has 0 aromatic heterocycles. The third-order valence-electron chi connectivity index (χ3n) is 3.74. The highest BCUT2D eigenvalue weighted by Crippen LogP contribution is 2.28. The van der Waals surface area contributed by atoms with Crippen molar-refractivity contribution in [3.8, 4) is 5.75 Å². The van der Waals surface area contributed by atoms with Gasteiger partial charge < -0.3 is 9.84 Å². The molecular weight excluding hydrogens is 375 g/mol. The summed E-state index contributed by atoms with van der Waals surface area (Å²) in [6.07, 6.45) is 2.93. The van der Waals surface area contributed by atoms with E-state index in [1.807, 2.05) is 4.90 Å². The number of nitrogens with one attached hydrogen (secondary N) is 1. The summed E-state index contributed by atoms with van der Waals surface area (Å²) in [5.41, 5.74) is 0. The van der Waals surface area contributed by atoms with Crippen molar-refractivity contribution < 1.29 is 18.3 Å². The molecule has 9 heteroatoms. The highest BCUT2D eigenvalue weighted by molar-refractivity contribution is 7.88. The minimum Gasteiger partial charge on any atom is -0.475 e. The molecule has 6 nitrogen and oxygen atoms in total. The highest BCUT2D eigenvalue weighted by Gasteiger charge is 2.26. The third-order valence-corrected chi connectivity index (χ3v) is 5.17. The zero-order chi connectivity index (χ0) is 17.7. The van der Waals surface area contributed by atoms with E-state index in [9.17, 15) is 13.5 Å². The molecule has 0 amide bonds. The average Bonchev–Trinajstić information content (AvgIpc) is 2.50. The van der Waals surface area contributed by atoms with Crippen molar-refractivity contribution in [1.29, 1.82) is 0 Å². The molecule has 1 saturated heterocycles. The van der Waals surface area contributed by atoms with Crippen molar-refractivity contribution in [2.45, 2.75) is 31.6 Å². The first-order chi connectivity index (χ1) is 11.2. The summed E-state index contributed by atoms with van der Waals surface area (Å²) in [5, 5.41) is 11.0. The molecule has 1 aromatic carbocycles. The SMILES string of the molecule is CS(=O)(=O)NC[C@@H](O)CN1CCCCC1Oc1ccc(Cl)c(Cl)c1. The second-order valence-electron chi connectivity index (χ2n) is 5.91. The Morgan fingerprint density at radius 1 is 1.38 bits per heavy atom. The van der Waals surface area contributed by atoms with E-state index in [-0.39, 0.29) is 12.8 Å². The standard InChI is InChI=1S/C15H22Cl2N2O4S/c1-24(21,22)18-9-11(20)10-19-7-3-2-4-15(19)23-12-5-6-13(16)14(17)8-12/h5-6,8,11,15,18,20H,2-4,7,9-10H2,1H3/t11-,15?/m1/s1. The largest absolute Gasteiger partial charge is 0.475 e. The number of sulfonamides is 1. The van der Waals surface area contributed by atoms with Crippen LogP contribution in [0.2, 0.25) is 10.0 Å². The molecule has 2 N–H and O–H groups in total. The number of nitrogens with zero attached hydrogens (tertiary/aromatic N) is 1. The monoisotopic (exact) mass is 396 g/mol. The fourth-order valence-corrected chi connectivity index (χ4v) is 3.38. The summed E-state index contributed by atoms with van der Waals surface area (Å²) >= 11 is 11.9. The Morgan fingerprint density at radius 3 is 2.79 bits per heavy atom. The highest BCUT2D eigenvalue weighted by atomic mass is 35.5. The van der Waals surface area contributed by atoms with E-state index in [2.05, 4.69) is 4.72 Å². The Morgan fingerprint density at radius 2 is 2.12 bits per heavy atom. The summed E-state index contributed by atoms with van der Waals surface area (Å²) in [7, 11) is -3.32. The van der Waals surface area contributed by atoms with Crippen LogP contribution >= 0.6 is 23.2 Å².